The molecular formula is C13H19NO5. The van der Waals surface area contributed by atoms with Crippen molar-refractivity contribution in [2.45, 2.75) is 37.6 Å². The first-order valence-electron chi connectivity index (χ1n) is 6.16. The van der Waals surface area contributed by atoms with Crippen LogP contribution in [0.2, 0.25) is 0 Å². The van der Waals surface area contributed by atoms with Crippen molar-refractivity contribution in [3.8, 4) is 0 Å². The molecule has 0 amide bonds. The molecule has 0 radical (unpaired) electrons. The summed E-state index contributed by atoms with van der Waals surface area (Å²) < 4.78 is 5.35. The van der Waals surface area contributed by atoms with Crippen LogP contribution in [0, 0.1) is 6.92 Å². The topological polar surface area (TPSA) is 102 Å². The molecule has 106 valence electrons. The van der Waals surface area contributed by atoms with Crippen LogP contribution in [-0.4, -0.2) is 57.7 Å². The molecule has 1 saturated heterocycles. The van der Waals surface area contributed by atoms with Crippen LogP contribution in [0.25, 0.3) is 0 Å². The first-order valence-corrected chi connectivity index (χ1v) is 6.16. The average molecular weight is 269 g/mol. The van der Waals surface area contributed by atoms with Crippen LogP contribution in [0.1, 0.15) is 5.56 Å². The van der Waals surface area contributed by atoms with E-state index in [2.05, 4.69) is 5.32 Å². The minimum absolute atomic E-state index is 0.434. The summed E-state index contributed by atoms with van der Waals surface area (Å²) in [6.07, 6.45) is -5.78. The Morgan fingerprint density at radius 1 is 1.16 bits per heavy atom. The molecule has 0 aromatic heterocycles. The fourth-order valence-corrected chi connectivity index (χ4v) is 2.12. The van der Waals surface area contributed by atoms with Gasteiger partial charge in [0.05, 0.1) is 6.61 Å². The summed E-state index contributed by atoms with van der Waals surface area (Å²) in [4.78, 5) is 0. The number of ether oxygens (including phenoxy) is 1. The molecule has 2 rings (SSSR count). The molecule has 1 fully saturated rings. The molecule has 3 unspecified atom stereocenters. The van der Waals surface area contributed by atoms with E-state index in [4.69, 9.17) is 9.84 Å². The molecule has 1 aromatic rings. The number of aliphatic hydroxyl groups excluding tert-OH is 4. The Morgan fingerprint density at radius 3 is 2.53 bits per heavy atom. The fourth-order valence-electron chi connectivity index (χ4n) is 2.12. The van der Waals surface area contributed by atoms with Gasteiger partial charge in [-0.15, -0.1) is 0 Å². The monoisotopic (exact) mass is 269 g/mol. The molecule has 5 atom stereocenters. The van der Waals surface area contributed by atoms with Gasteiger partial charge in [-0.2, -0.15) is 0 Å². The second kappa shape index (κ2) is 5.85. The summed E-state index contributed by atoms with van der Waals surface area (Å²) in [7, 11) is 0. The van der Waals surface area contributed by atoms with Crippen LogP contribution in [-0.2, 0) is 4.74 Å². The third kappa shape index (κ3) is 3.05. The van der Waals surface area contributed by atoms with Gasteiger partial charge in [-0.05, 0) is 24.6 Å². The van der Waals surface area contributed by atoms with Gasteiger partial charge in [0.2, 0.25) is 0 Å². The highest BCUT2D eigenvalue weighted by Gasteiger charge is 2.43. The van der Waals surface area contributed by atoms with Crippen LogP contribution in [0.3, 0.4) is 0 Å². The van der Waals surface area contributed by atoms with Crippen molar-refractivity contribution in [2.75, 3.05) is 11.9 Å². The van der Waals surface area contributed by atoms with Crippen LogP contribution in [0.4, 0.5) is 5.69 Å². The molecule has 5 N–H and O–H groups in total. The molecular weight excluding hydrogens is 250 g/mol. The average Bonchev–Trinajstić information content (AvgIpc) is 2.39. The Kier molecular flexibility index (Phi) is 4.38. The van der Waals surface area contributed by atoms with E-state index in [-0.39, 0.29) is 0 Å². The smallest absolute Gasteiger partial charge is 0.157 e. The molecule has 0 aliphatic carbocycles. The van der Waals surface area contributed by atoms with Crippen LogP contribution in [0.15, 0.2) is 24.3 Å². The second-order valence-electron chi connectivity index (χ2n) is 4.76. The predicted molar refractivity (Wildman–Crippen MR) is 68.6 cm³/mol. The van der Waals surface area contributed by atoms with Crippen LogP contribution in [0.5, 0.6) is 0 Å². The SMILES string of the molecule is Cc1cccc(N[C@@H]2OC(CO)[C@@H](O)C(O)C2O)c1. The van der Waals surface area contributed by atoms with E-state index in [0.717, 1.165) is 11.3 Å². The van der Waals surface area contributed by atoms with Crippen molar-refractivity contribution in [2.24, 2.45) is 0 Å². The predicted octanol–water partition coefficient (Wildman–Crippen LogP) is -0.793. The Balaban J connectivity index is 2.10. The summed E-state index contributed by atoms with van der Waals surface area (Å²) in [5.41, 5.74) is 1.76. The highest BCUT2D eigenvalue weighted by Crippen LogP contribution is 2.23. The van der Waals surface area contributed by atoms with Crippen molar-refractivity contribution in [3.05, 3.63) is 29.8 Å². The van der Waals surface area contributed by atoms with Gasteiger partial charge in [-0.3, -0.25) is 0 Å². The van der Waals surface area contributed by atoms with E-state index in [9.17, 15) is 15.3 Å². The molecule has 1 aromatic carbocycles. The Morgan fingerprint density at radius 2 is 1.89 bits per heavy atom. The molecule has 19 heavy (non-hydrogen) atoms. The van der Waals surface area contributed by atoms with Crippen molar-refractivity contribution in [1.29, 1.82) is 0 Å². The number of rotatable bonds is 3. The van der Waals surface area contributed by atoms with Gasteiger partial charge in [-0.25, -0.2) is 0 Å². The highest BCUT2D eigenvalue weighted by molar-refractivity contribution is 5.46. The third-order valence-electron chi connectivity index (χ3n) is 3.22. The maximum atomic E-state index is 9.87. The zero-order valence-corrected chi connectivity index (χ0v) is 10.6. The summed E-state index contributed by atoms with van der Waals surface area (Å²) in [6, 6.07) is 7.44. The minimum Gasteiger partial charge on any atom is -0.394 e. The number of anilines is 1. The van der Waals surface area contributed by atoms with E-state index in [1.807, 2.05) is 25.1 Å². The third-order valence-corrected chi connectivity index (χ3v) is 3.22. The van der Waals surface area contributed by atoms with Crippen molar-refractivity contribution in [1.82, 2.24) is 0 Å². The normalized spacial score (nSPS) is 35.1. The van der Waals surface area contributed by atoms with Crippen LogP contribution >= 0.6 is 0 Å². The summed E-state index contributed by atoms with van der Waals surface area (Å²) in [5.74, 6) is 0. The van der Waals surface area contributed by atoms with Gasteiger partial charge < -0.3 is 30.5 Å². The van der Waals surface area contributed by atoms with E-state index in [1.54, 1.807) is 6.07 Å². The molecule has 1 aliphatic rings. The Hall–Kier alpha value is -1.18. The van der Waals surface area contributed by atoms with Gasteiger partial charge in [0, 0.05) is 5.69 Å². The molecule has 6 nitrogen and oxygen atoms in total. The molecule has 1 aliphatic heterocycles. The lowest BCUT2D eigenvalue weighted by Gasteiger charge is -2.40. The van der Waals surface area contributed by atoms with Gasteiger partial charge in [0.1, 0.15) is 24.4 Å². The lowest BCUT2D eigenvalue weighted by atomic mass is 9.98. The van der Waals surface area contributed by atoms with Crippen molar-refractivity contribution < 1.29 is 25.2 Å². The maximum Gasteiger partial charge on any atom is 0.157 e. The zero-order valence-electron chi connectivity index (χ0n) is 10.6. The standard InChI is InChI=1S/C13H19NO5/c1-7-3-2-4-8(5-7)14-13-12(18)11(17)10(16)9(6-15)19-13/h2-5,9-18H,6H2,1H3/t9?,10-,11?,12?,13-/m1/s1. The lowest BCUT2D eigenvalue weighted by Crippen LogP contribution is -2.60. The van der Waals surface area contributed by atoms with E-state index in [1.165, 1.54) is 0 Å². The van der Waals surface area contributed by atoms with Gasteiger partial charge in [0.15, 0.2) is 6.23 Å². The first-order chi connectivity index (χ1) is 9.02. The molecule has 0 spiro atoms. The van der Waals surface area contributed by atoms with Crippen molar-refractivity contribution in [3.63, 3.8) is 0 Å². The van der Waals surface area contributed by atoms with E-state index in [0.29, 0.717) is 0 Å². The Labute approximate surface area is 111 Å². The Bertz CT molecular complexity index is 425. The fraction of sp³-hybridized carbons (Fsp3) is 0.538. The van der Waals surface area contributed by atoms with Gasteiger partial charge >= 0.3 is 0 Å². The second-order valence-corrected chi connectivity index (χ2v) is 4.76. The number of hydrogen-bond donors (Lipinski definition) is 5. The quantitative estimate of drug-likeness (QED) is 0.493. The minimum atomic E-state index is -1.37. The van der Waals surface area contributed by atoms with Crippen molar-refractivity contribution >= 4 is 5.69 Å². The summed E-state index contributed by atoms with van der Waals surface area (Å²) in [5, 5.41) is 41.2. The molecule has 0 saturated carbocycles. The number of hydrogen-bond acceptors (Lipinski definition) is 6. The lowest BCUT2D eigenvalue weighted by molar-refractivity contribution is -0.221. The number of benzene rings is 1. The number of aliphatic hydroxyl groups is 4. The molecule has 0 bridgehead atoms. The van der Waals surface area contributed by atoms with E-state index >= 15 is 0 Å². The summed E-state index contributed by atoms with van der Waals surface area (Å²) in [6.45, 7) is 1.50. The molecule has 1 heterocycles. The maximum absolute atomic E-state index is 9.87. The van der Waals surface area contributed by atoms with Crippen LogP contribution < -0.4 is 5.32 Å². The number of aryl methyl sites for hydroxylation is 1. The van der Waals surface area contributed by atoms with Gasteiger partial charge in [-0.1, -0.05) is 12.1 Å². The van der Waals surface area contributed by atoms with E-state index < -0.39 is 37.3 Å². The first kappa shape index (κ1) is 14.2. The molecule has 6 heteroatoms. The highest BCUT2D eigenvalue weighted by atomic mass is 16.6. The zero-order chi connectivity index (χ0) is 14.0. The number of nitrogens with one attached hydrogen (secondary N) is 1. The van der Waals surface area contributed by atoms with Gasteiger partial charge in [0.25, 0.3) is 0 Å². The largest absolute Gasteiger partial charge is 0.394 e. The summed E-state index contributed by atoms with van der Waals surface area (Å²) >= 11 is 0.